The van der Waals surface area contributed by atoms with E-state index in [2.05, 4.69) is 0 Å². The van der Waals surface area contributed by atoms with Crippen LogP contribution in [0.3, 0.4) is 0 Å². The van der Waals surface area contributed by atoms with Crippen molar-refractivity contribution in [1.82, 2.24) is 0 Å². The van der Waals surface area contributed by atoms with Crippen LogP contribution in [-0.4, -0.2) is 18.6 Å². The van der Waals surface area contributed by atoms with Crippen molar-refractivity contribution in [3.8, 4) is 11.5 Å². The molecule has 0 saturated carbocycles. The highest BCUT2D eigenvalue weighted by molar-refractivity contribution is 7.91. The van der Waals surface area contributed by atoms with E-state index in [1.54, 1.807) is 30.3 Å². The lowest BCUT2D eigenvalue weighted by Gasteiger charge is -2.19. The zero-order chi connectivity index (χ0) is 16.2. The summed E-state index contributed by atoms with van der Waals surface area (Å²) in [5, 5.41) is 18.8. The lowest BCUT2D eigenvalue weighted by molar-refractivity contribution is 0.450. The lowest BCUT2D eigenvalue weighted by Crippen LogP contribution is -2.14. The monoisotopic (exact) mass is 320 g/mol. The van der Waals surface area contributed by atoms with Crippen molar-refractivity contribution in [1.29, 1.82) is 0 Å². The number of unbranched alkanes of at least 4 members (excludes halogenated alkanes) is 1. The van der Waals surface area contributed by atoms with E-state index in [1.807, 2.05) is 6.92 Å². The van der Waals surface area contributed by atoms with Gasteiger partial charge in [0.05, 0.1) is 10.1 Å². The summed E-state index contributed by atoms with van der Waals surface area (Å²) in [6.45, 7) is 1.98. The summed E-state index contributed by atoms with van der Waals surface area (Å²) in [4.78, 5) is 0.221. The summed E-state index contributed by atoms with van der Waals surface area (Å²) in [5.41, 5.74) is 0.248. The van der Waals surface area contributed by atoms with E-state index in [0.717, 1.165) is 6.42 Å². The highest BCUT2D eigenvalue weighted by Crippen LogP contribution is 2.39. The molecule has 2 aromatic rings. The molecule has 0 spiro atoms. The molecule has 1 unspecified atom stereocenters. The van der Waals surface area contributed by atoms with Crippen molar-refractivity contribution < 1.29 is 18.6 Å². The number of rotatable bonds is 6. The van der Waals surface area contributed by atoms with E-state index in [-0.39, 0.29) is 22.0 Å². The Bertz CT molecular complexity index is 724. The van der Waals surface area contributed by atoms with Crippen LogP contribution in [0.25, 0.3) is 0 Å². The third-order valence-electron chi connectivity index (χ3n) is 3.62. The number of hydrogen-bond acceptors (Lipinski definition) is 4. The van der Waals surface area contributed by atoms with Crippen molar-refractivity contribution in [2.24, 2.45) is 0 Å². The Kier molecular flexibility index (Phi) is 5.08. The van der Waals surface area contributed by atoms with E-state index in [9.17, 15) is 18.6 Å². The maximum atomic E-state index is 12.9. The second-order valence-electron chi connectivity index (χ2n) is 5.23. The quantitative estimate of drug-likeness (QED) is 0.794. The first-order chi connectivity index (χ1) is 10.5. The molecule has 0 bridgehead atoms. The minimum atomic E-state index is -3.64. The van der Waals surface area contributed by atoms with E-state index in [0.29, 0.717) is 12.8 Å². The summed E-state index contributed by atoms with van der Waals surface area (Å²) in [7, 11) is -3.64. The average Bonchev–Trinajstić information content (AvgIpc) is 2.51. The minimum absolute atomic E-state index is 0.0578. The highest BCUT2D eigenvalue weighted by atomic mass is 32.2. The molecule has 2 rings (SSSR count). The number of phenols is 2. The van der Waals surface area contributed by atoms with E-state index < -0.39 is 15.1 Å². The van der Waals surface area contributed by atoms with Crippen LogP contribution in [0.2, 0.25) is 0 Å². The molecule has 2 aromatic carbocycles. The van der Waals surface area contributed by atoms with Gasteiger partial charge in [0.2, 0.25) is 0 Å². The fraction of sp³-hybridized carbons (Fsp3) is 0.294. The van der Waals surface area contributed by atoms with Gasteiger partial charge in [-0.1, -0.05) is 38.0 Å². The van der Waals surface area contributed by atoms with Gasteiger partial charge in [0.15, 0.2) is 9.84 Å². The molecule has 0 aliphatic rings. The number of aromatic hydroxyl groups is 2. The zero-order valence-corrected chi connectivity index (χ0v) is 13.3. The topological polar surface area (TPSA) is 74.6 Å². The van der Waals surface area contributed by atoms with Gasteiger partial charge in [-0.2, -0.15) is 0 Å². The summed E-state index contributed by atoms with van der Waals surface area (Å²) in [6, 6.07) is 12.2. The van der Waals surface area contributed by atoms with Gasteiger partial charge in [-0.15, -0.1) is 0 Å². The van der Waals surface area contributed by atoms with Crippen molar-refractivity contribution >= 4 is 9.84 Å². The molecule has 0 fully saturated rings. The average molecular weight is 320 g/mol. The van der Waals surface area contributed by atoms with Gasteiger partial charge in [-0.05, 0) is 36.8 Å². The molecule has 0 amide bonds. The van der Waals surface area contributed by atoms with Gasteiger partial charge in [0.25, 0.3) is 0 Å². The van der Waals surface area contributed by atoms with E-state index >= 15 is 0 Å². The SMILES string of the molecule is CCCCC(c1cc(O)ccc1O)S(=O)(=O)c1ccccc1. The Morgan fingerprint density at radius 3 is 2.36 bits per heavy atom. The summed E-state index contributed by atoms with van der Waals surface area (Å²) >= 11 is 0. The molecular formula is C17H20O4S. The predicted octanol–water partition coefficient (Wildman–Crippen LogP) is 3.80. The second-order valence-corrected chi connectivity index (χ2v) is 7.36. The molecule has 118 valence electrons. The predicted molar refractivity (Wildman–Crippen MR) is 85.7 cm³/mol. The molecular weight excluding hydrogens is 300 g/mol. The summed E-state index contributed by atoms with van der Waals surface area (Å²) in [6.07, 6.45) is 1.96. The van der Waals surface area contributed by atoms with E-state index in [1.165, 1.54) is 18.2 Å². The summed E-state index contributed by atoms with van der Waals surface area (Å²) < 4.78 is 25.8. The third kappa shape index (κ3) is 3.42. The molecule has 2 N–H and O–H groups in total. The standard InChI is InChI=1S/C17H20O4S/c1-2-3-9-17(15-12-13(18)10-11-16(15)19)22(20,21)14-7-5-4-6-8-14/h4-8,10-12,17-19H,2-3,9H2,1H3. The molecule has 4 nitrogen and oxygen atoms in total. The molecule has 5 heteroatoms. The molecule has 0 aliphatic heterocycles. The first-order valence-corrected chi connectivity index (χ1v) is 8.82. The van der Waals surface area contributed by atoms with Crippen molar-refractivity contribution in [2.45, 2.75) is 36.3 Å². The second kappa shape index (κ2) is 6.83. The molecule has 0 radical (unpaired) electrons. The van der Waals surface area contributed by atoms with Crippen LogP contribution in [0.15, 0.2) is 53.4 Å². The van der Waals surface area contributed by atoms with E-state index in [4.69, 9.17) is 0 Å². The number of phenolic OH excluding ortho intramolecular Hbond substituents is 2. The number of hydrogen-bond donors (Lipinski definition) is 2. The molecule has 22 heavy (non-hydrogen) atoms. The largest absolute Gasteiger partial charge is 0.508 e. The number of sulfone groups is 1. The van der Waals surface area contributed by atoms with Gasteiger partial charge in [0, 0.05) is 5.56 Å². The Balaban J connectivity index is 2.53. The van der Waals surface area contributed by atoms with Crippen LogP contribution in [0.4, 0.5) is 0 Å². The van der Waals surface area contributed by atoms with Crippen LogP contribution >= 0.6 is 0 Å². The first-order valence-electron chi connectivity index (χ1n) is 7.27. The van der Waals surface area contributed by atoms with Crippen molar-refractivity contribution in [2.75, 3.05) is 0 Å². The Morgan fingerprint density at radius 1 is 1.05 bits per heavy atom. The molecule has 0 aliphatic carbocycles. The van der Waals surface area contributed by atoms with Crippen LogP contribution in [0.1, 0.15) is 37.0 Å². The minimum Gasteiger partial charge on any atom is -0.508 e. The normalized spacial score (nSPS) is 13.0. The van der Waals surface area contributed by atoms with Gasteiger partial charge in [-0.3, -0.25) is 0 Å². The zero-order valence-electron chi connectivity index (χ0n) is 12.4. The van der Waals surface area contributed by atoms with Gasteiger partial charge < -0.3 is 10.2 Å². The molecule has 0 saturated heterocycles. The number of benzene rings is 2. The molecule has 1 atom stereocenters. The van der Waals surface area contributed by atoms with Gasteiger partial charge in [0.1, 0.15) is 11.5 Å². The fourth-order valence-electron chi connectivity index (χ4n) is 2.44. The van der Waals surface area contributed by atoms with Gasteiger partial charge >= 0.3 is 0 Å². The van der Waals surface area contributed by atoms with Gasteiger partial charge in [-0.25, -0.2) is 8.42 Å². The maximum Gasteiger partial charge on any atom is 0.185 e. The maximum absolute atomic E-state index is 12.9. The van der Waals surface area contributed by atoms with Crippen LogP contribution < -0.4 is 0 Å². The smallest absolute Gasteiger partial charge is 0.185 e. The van der Waals surface area contributed by atoms with Crippen LogP contribution in [0, 0.1) is 0 Å². The Morgan fingerprint density at radius 2 is 1.73 bits per heavy atom. The summed E-state index contributed by atoms with van der Waals surface area (Å²) in [5.74, 6) is -0.170. The lowest BCUT2D eigenvalue weighted by atomic mass is 10.1. The van der Waals surface area contributed by atoms with Crippen LogP contribution in [0.5, 0.6) is 11.5 Å². The molecule has 0 aromatic heterocycles. The van der Waals surface area contributed by atoms with Crippen molar-refractivity contribution in [3.63, 3.8) is 0 Å². The molecule has 0 heterocycles. The highest BCUT2D eigenvalue weighted by Gasteiger charge is 2.30. The Hall–Kier alpha value is -2.01. The van der Waals surface area contributed by atoms with Crippen molar-refractivity contribution in [3.05, 3.63) is 54.1 Å². The fourth-order valence-corrected chi connectivity index (χ4v) is 4.31. The van der Waals surface area contributed by atoms with Crippen LogP contribution in [-0.2, 0) is 9.84 Å². The Labute approximate surface area is 131 Å². The first kappa shape index (κ1) is 16.4. The third-order valence-corrected chi connectivity index (χ3v) is 5.79.